The zero-order valence-electron chi connectivity index (χ0n) is 15.2. The van der Waals surface area contributed by atoms with Crippen molar-refractivity contribution >= 4 is 5.91 Å². The number of nitrogens with one attached hydrogen (secondary N) is 2. The van der Waals surface area contributed by atoms with Crippen molar-refractivity contribution in [1.82, 2.24) is 29.9 Å². The number of aromatic amines is 1. The number of carbonyl (C=O) groups excluding carboxylic acids is 1. The zero-order valence-corrected chi connectivity index (χ0v) is 15.2. The molecule has 1 amide bonds. The standard InChI is InChI=1S/C19H22N6O2/c1-13-23-25(19(27)24(13)11-14-5-3-2-4-6-14)12-18(26)21-16-7-8-17-15(9-16)10-20-22-17/h2-6,10,16H,7-9,11-12H2,1H3,(H,20,22)(H,21,26). The van der Waals surface area contributed by atoms with Crippen LogP contribution in [0.25, 0.3) is 0 Å². The second-order valence-electron chi connectivity index (χ2n) is 6.94. The lowest BCUT2D eigenvalue weighted by atomic mass is 9.93. The Morgan fingerprint density at radius 3 is 2.96 bits per heavy atom. The van der Waals surface area contributed by atoms with Crippen LogP contribution in [-0.4, -0.2) is 36.5 Å². The van der Waals surface area contributed by atoms with Gasteiger partial charge in [0.05, 0.1) is 12.7 Å². The molecule has 0 spiro atoms. The van der Waals surface area contributed by atoms with Crippen molar-refractivity contribution in [2.75, 3.05) is 0 Å². The minimum atomic E-state index is -0.271. The molecule has 3 aromatic rings. The molecule has 8 heteroatoms. The molecule has 2 aromatic heterocycles. The average molecular weight is 366 g/mol. The Morgan fingerprint density at radius 2 is 2.15 bits per heavy atom. The Kier molecular flexibility index (Phi) is 4.62. The van der Waals surface area contributed by atoms with Gasteiger partial charge in [-0.3, -0.25) is 14.5 Å². The number of benzene rings is 1. The summed E-state index contributed by atoms with van der Waals surface area (Å²) in [7, 11) is 0. The minimum absolute atomic E-state index is 0.0609. The number of H-pyrrole nitrogens is 1. The first kappa shape index (κ1) is 17.3. The average Bonchev–Trinajstić information content (AvgIpc) is 3.22. The third-order valence-corrected chi connectivity index (χ3v) is 4.97. The monoisotopic (exact) mass is 366 g/mol. The Balaban J connectivity index is 1.41. The predicted molar refractivity (Wildman–Crippen MR) is 99.3 cm³/mol. The van der Waals surface area contributed by atoms with Gasteiger partial charge in [-0.15, -0.1) is 0 Å². The van der Waals surface area contributed by atoms with E-state index in [1.165, 1.54) is 4.68 Å². The Hall–Kier alpha value is -3.16. The van der Waals surface area contributed by atoms with Crippen LogP contribution in [0.3, 0.4) is 0 Å². The first-order chi connectivity index (χ1) is 13.1. The molecule has 0 bridgehead atoms. The second kappa shape index (κ2) is 7.22. The molecule has 0 saturated carbocycles. The van der Waals surface area contributed by atoms with Crippen LogP contribution in [0.4, 0.5) is 0 Å². The molecule has 1 unspecified atom stereocenters. The number of hydrogen-bond donors (Lipinski definition) is 2. The molecule has 0 fully saturated rings. The third kappa shape index (κ3) is 3.69. The summed E-state index contributed by atoms with van der Waals surface area (Å²) in [6, 6.07) is 9.79. The van der Waals surface area contributed by atoms with E-state index in [1.54, 1.807) is 11.5 Å². The highest BCUT2D eigenvalue weighted by Gasteiger charge is 2.22. The summed E-state index contributed by atoms with van der Waals surface area (Å²) in [5, 5.41) is 14.3. The third-order valence-electron chi connectivity index (χ3n) is 4.97. The molecule has 1 aromatic carbocycles. The lowest BCUT2D eigenvalue weighted by molar-refractivity contribution is -0.122. The van der Waals surface area contributed by atoms with Crippen LogP contribution in [0.5, 0.6) is 0 Å². The summed E-state index contributed by atoms with van der Waals surface area (Å²) >= 11 is 0. The van der Waals surface area contributed by atoms with Gasteiger partial charge in [0.25, 0.3) is 0 Å². The van der Waals surface area contributed by atoms with Crippen molar-refractivity contribution in [3.8, 4) is 0 Å². The maximum atomic E-state index is 12.6. The van der Waals surface area contributed by atoms with Crippen LogP contribution >= 0.6 is 0 Å². The number of amides is 1. The lowest BCUT2D eigenvalue weighted by Crippen LogP contribution is -2.42. The molecular weight excluding hydrogens is 344 g/mol. The number of rotatable bonds is 5. The molecule has 1 aliphatic carbocycles. The van der Waals surface area contributed by atoms with Gasteiger partial charge in [-0.2, -0.15) is 10.2 Å². The summed E-state index contributed by atoms with van der Waals surface area (Å²) in [5.41, 5.74) is 3.04. The van der Waals surface area contributed by atoms with Gasteiger partial charge in [0, 0.05) is 11.7 Å². The van der Waals surface area contributed by atoms with Gasteiger partial charge in [-0.05, 0) is 37.3 Å². The summed E-state index contributed by atoms with van der Waals surface area (Å²) < 4.78 is 2.82. The van der Waals surface area contributed by atoms with E-state index >= 15 is 0 Å². The van der Waals surface area contributed by atoms with Gasteiger partial charge in [0.15, 0.2) is 0 Å². The van der Waals surface area contributed by atoms with Gasteiger partial charge >= 0.3 is 5.69 Å². The van der Waals surface area contributed by atoms with Crippen LogP contribution < -0.4 is 11.0 Å². The summed E-state index contributed by atoms with van der Waals surface area (Å²) in [6.07, 6.45) is 4.29. The second-order valence-corrected chi connectivity index (χ2v) is 6.94. The first-order valence-electron chi connectivity index (χ1n) is 9.09. The van der Waals surface area contributed by atoms with Crippen LogP contribution in [0, 0.1) is 6.92 Å². The fourth-order valence-corrected chi connectivity index (χ4v) is 3.55. The van der Waals surface area contributed by atoms with Crippen molar-refractivity contribution in [1.29, 1.82) is 0 Å². The number of hydrogen-bond acceptors (Lipinski definition) is 4. The Bertz CT molecular complexity index is 1000. The predicted octanol–water partition coefficient (Wildman–Crippen LogP) is 0.798. The van der Waals surface area contributed by atoms with Crippen molar-refractivity contribution in [3.05, 3.63) is 69.7 Å². The van der Waals surface area contributed by atoms with E-state index in [0.29, 0.717) is 12.4 Å². The van der Waals surface area contributed by atoms with Gasteiger partial charge in [-0.1, -0.05) is 30.3 Å². The normalized spacial score (nSPS) is 16.1. The Morgan fingerprint density at radius 1 is 1.33 bits per heavy atom. The van der Waals surface area contributed by atoms with E-state index in [-0.39, 0.29) is 24.2 Å². The zero-order chi connectivity index (χ0) is 18.8. The molecule has 0 aliphatic heterocycles. The van der Waals surface area contributed by atoms with E-state index in [4.69, 9.17) is 0 Å². The van der Waals surface area contributed by atoms with Crippen LogP contribution in [0.1, 0.15) is 29.1 Å². The van der Waals surface area contributed by atoms with Gasteiger partial charge < -0.3 is 5.32 Å². The van der Waals surface area contributed by atoms with E-state index in [9.17, 15) is 9.59 Å². The van der Waals surface area contributed by atoms with E-state index in [0.717, 1.165) is 36.1 Å². The van der Waals surface area contributed by atoms with Crippen LogP contribution in [-0.2, 0) is 30.7 Å². The molecule has 0 saturated heterocycles. The minimum Gasteiger partial charge on any atom is -0.351 e. The fraction of sp³-hybridized carbons (Fsp3) is 0.368. The van der Waals surface area contributed by atoms with Gasteiger partial charge in [0.1, 0.15) is 12.4 Å². The fourth-order valence-electron chi connectivity index (χ4n) is 3.55. The number of nitrogens with zero attached hydrogens (tertiary/aromatic N) is 4. The molecule has 1 aliphatic rings. The van der Waals surface area contributed by atoms with Crippen molar-refractivity contribution in [2.45, 2.75) is 45.3 Å². The van der Waals surface area contributed by atoms with Gasteiger partial charge in [0.2, 0.25) is 5.91 Å². The molecule has 27 heavy (non-hydrogen) atoms. The molecule has 140 valence electrons. The number of aromatic nitrogens is 5. The SMILES string of the molecule is Cc1nn(CC(=O)NC2CCc3[nH]ncc3C2)c(=O)n1Cc1ccccc1. The summed E-state index contributed by atoms with van der Waals surface area (Å²) in [4.78, 5) is 25.0. The van der Waals surface area contributed by atoms with E-state index in [1.807, 2.05) is 36.5 Å². The highest BCUT2D eigenvalue weighted by atomic mass is 16.2. The number of fused-ring (bicyclic) bond motifs is 1. The maximum Gasteiger partial charge on any atom is 0.346 e. The highest BCUT2D eigenvalue weighted by Crippen LogP contribution is 2.18. The van der Waals surface area contributed by atoms with Crippen molar-refractivity contribution in [2.24, 2.45) is 0 Å². The molecule has 0 radical (unpaired) electrons. The molecule has 2 heterocycles. The van der Waals surface area contributed by atoms with Crippen LogP contribution in [0.2, 0.25) is 0 Å². The van der Waals surface area contributed by atoms with Gasteiger partial charge in [-0.25, -0.2) is 9.48 Å². The smallest absolute Gasteiger partial charge is 0.346 e. The summed E-state index contributed by atoms with van der Waals surface area (Å²) in [6.45, 7) is 2.15. The van der Waals surface area contributed by atoms with E-state index < -0.39 is 0 Å². The topological polar surface area (TPSA) is 97.6 Å². The van der Waals surface area contributed by atoms with Crippen LogP contribution in [0.15, 0.2) is 41.3 Å². The Labute approximate surface area is 156 Å². The molecular formula is C19H22N6O2. The first-order valence-corrected chi connectivity index (χ1v) is 9.09. The molecule has 8 nitrogen and oxygen atoms in total. The number of aryl methyl sites for hydroxylation is 2. The van der Waals surface area contributed by atoms with Crippen molar-refractivity contribution < 1.29 is 4.79 Å². The molecule has 1 atom stereocenters. The van der Waals surface area contributed by atoms with E-state index in [2.05, 4.69) is 20.6 Å². The summed E-state index contributed by atoms with van der Waals surface area (Å²) in [5.74, 6) is 0.399. The molecule has 4 rings (SSSR count). The number of carbonyl (C=O) groups is 1. The van der Waals surface area contributed by atoms with Crippen molar-refractivity contribution in [3.63, 3.8) is 0 Å². The molecule has 2 N–H and O–H groups in total. The maximum absolute atomic E-state index is 12.6. The quantitative estimate of drug-likeness (QED) is 0.698. The largest absolute Gasteiger partial charge is 0.351 e. The highest BCUT2D eigenvalue weighted by molar-refractivity contribution is 5.76. The lowest BCUT2D eigenvalue weighted by Gasteiger charge is -2.22.